The first-order chi connectivity index (χ1) is 14.9. The summed E-state index contributed by atoms with van der Waals surface area (Å²) in [7, 11) is 0. The lowest BCUT2D eigenvalue weighted by Crippen LogP contribution is -2.57. The zero-order valence-corrected chi connectivity index (χ0v) is 18.1. The molecule has 0 aromatic carbocycles. The molecule has 178 valence electrons. The smallest absolute Gasteiger partial charge is 0.326 e. The summed E-state index contributed by atoms with van der Waals surface area (Å²) in [5.41, 5.74) is 6.18. The molecule has 0 bridgehead atoms. The number of aromatic amines is 1. The van der Waals surface area contributed by atoms with Gasteiger partial charge in [-0.05, 0) is 19.3 Å². The Bertz CT molecular complexity index is 811. The van der Waals surface area contributed by atoms with Crippen LogP contribution < -0.4 is 21.7 Å². The van der Waals surface area contributed by atoms with Crippen molar-refractivity contribution in [2.75, 3.05) is 0 Å². The molecular weight excluding hydrogens is 424 g/mol. The SMILES string of the molecule is CC(NC(=O)C(NC(=O)C(N)CCC(=O)O)C(C)C)C(=O)NC(Cc1cnc[nH]1)C(=O)O. The van der Waals surface area contributed by atoms with Crippen LogP contribution in [0, 0.1) is 5.92 Å². The number of H-pyrrole nitrogens is 1. The third-order valence-electron chi connectivity index (χ3n) is 4.60. The van der Waals surface area contributed by atoms with Crippen LogP contribution in [-0.4, -0.2) is 74.0 Å². The van der Waals surface area contributed by atoms with E-state index in [4.69, 9.17) is 10.8 Å². The number of imidazole rings is 1. The fourth-order valence-corrected chi connectivity index (χ4v) is 2.69. The summed E-state index contributed by atoms with van der Waals surface area (Å²) >= 11 is 0. The van der Waals surface area contributed by atoms with Gasteiger partial charge in [0, 0.05) is 24.7 Å². The predicted octanol–water partition coefficient (Wildman–Crippen LogP) is -1.64. The second-order valence-corrected chi connectivity index (χ2v) is 7.68. The molecule has 0 saturated heterocycles. The van der Waals surface area contributed by atoms with Gasteiger partial charge in [0.1, 0.15) is 18.1 Å². The Kier molecular flexibility index (Phi) is 10.3. The Balaban J connectivity index is 2.70. The number of nitrogens with two attached hydrogens (primary N) is 1. The maximum absolute atomic E-state index is 12.6. The number of carboxylic acids is 2. The number of carboxylic acid groups (broad SMARTS) is 2. The number of nitrogens with zero attached hydrogens (tertiary/aromatic N) is 1. The average molecular weight is 454 g/mol. The van der Waals surface area contributed by atoms with Crippen molar-refractivity contribution < 1.29 is 34.2 Å². The van der Waals surface area contributed by atoms with Crippen LogP contribution in [-0.2, 0) is 30.4 Å². The van der Waals surface area contributed by atoms with Crippen LogP contribution in [0.5, 0.6) is 0 Å². The summed E-state index contributed by atoms with van der Waals surface area (Å²) in [5, 5.41) is 25.3. The standard InChI is InChI=1S/C19H30N6O7/c1-9(2)15(25-17(29)12(20)4-5-14(26)27)18(30)23-10(3)16(28)24-13(19(31)32)6-11-7-21-8-22-11/h7-10,12-13,15H,4-6,20H2,1-3H3,(H,21,22)(H,23,30)(H,24,28)(H,25,29)(H,26,27)(H,31,32). The van der Waals surface area contributed by atoms with Gasteiger partial charge in [-0.1, -0.05) is 13.8 Å². The van der Waals surface area contributed by atoms with Crippen molar-refractivity contribution in [3.05, 3.63) is 18.2 Å². The monoisotopic (exact) mass is 454 g/mol. The van der Waals surface area contributed by atoms with Gasteiger partial charge in [-0.25, -0.2) is 9.78 Å². The molecule has 32 heavy (non-hydrogen) atoms. The lowest BCUT2D eigenvalue weighted by molar-refractivity contribution is -0.142. The van der Waals surface area contributed by atoms with Gasteiger partial charge in [-0.2, -0.15) is 0 Å². The van der Waals surface area contributed by atoms with Gasteiger partial charge in [0.2, 0.25) is 17.7 Å². The number of amides is 3. The molecule has 4 unspecified atom stereocenters. The summed E-state index contributed by atoms with van der Waals surface area (Å²) in [4.78, 5) is 65.9. The van der Waals surface area contributed by atoms with Crippen LogP contribution in [0.2, 0.25) is 0 Å². The number of hydrogen-bond donors (Lipinski definition) is 7. The van der Waals surface area contributed by atoms with Gasteiger partial charge in [-0.3, -0.25) is 19.2 Å². The first-order valence-electron chi connectivity index (χ1n) is 10.0. The van der Waals surface area contributed by atoms with E-state index in [-0.39, 0.29) is 25.2 Å². The molecule has 4 atom stereocenters. The molecule has 1 rings (SSSR count). The maximum Gasteiger partial charge on any atom is 0.326 e. The van der Waals surface area contributed by atoms with E-state index in [1.807, 2.05) is 0 Å². The maximum atomic E-state index is 12.6. The van der Waals surface area contributed by atoms with Crippen molar-refractivity contribution in [2.24, 2.45) is 11.7 Å². The lowest BCUT2D eigenvalue weighted by atomic mass is 10.0. The fraction of sp³-hybridized carbons (Fsp3) is 0.579. The van der Waals surface area contributed by atoms with E-state index in [1.165, 1.54) is 19.4 Å². The Morgan fingerprint density at radius 1 is 1.03 bits per heavy atom. The predicted molar refractivity (Wildman–Crippen MR) is 111 cm³/mol. The number of aromatic nitrogens is 2. The number of carbonyl (C=O) groups excluding carboxylic acids is 3. The number of hydrogen-bond acceptors (Lipinski definition) is 7. The topological polar surface area (TPSA) is 217 Å². The third-order valence-corrected chi connectivity index (χ3v) is 4.60. The van der Waals surface area contributed by atoms with Crippen LogP contribution in [0.4, 0.5) is 0 Å². The quantitative estimate of drug-likeness (QED) is 0.181. The minimum absolute atomic E-state index is 0.0271. The van der Waals surface area contributed by atoms with Gasteiger partial charge in [-0.15, -0.1) is 0 Å². The van der Waals surface area contributed by atoms with Crippen molar-refractivity contribution in [3.8, 4) is 0 Å². The van der Waals surface area contributed by atoms with Crippen LogP contribution in [0.15, 0.2) is 12.5 Å². The average Bonchev–Trinajstić information content (AvgIpc) is 3.21. The molecule has 0 spiro atoms. The number of nitrogens with one attached hydrogen (secondary N) is 4. The van der Waals surface area contributed by atoms with E-state index in [0.717, 1.165) is 0 Å². The number of carbonyl (C=O) groups is 5. The minimum atomic E-state index is -1.26. The van der Waals surface area contributed by atoms with Gasteiger partial charge < -0.3 is 36.9 Å². The van der Waals surface area contributed by atoms with E-state index in [1.54, 1.807) is 13.8 Å². The molecule has 8 N–H and O–H groups in total. The van der Waals surface area contributed by atoms with E-state index in [2.05, 4.69) is 25.9 Å². The minimum Gasteiger partial charge on any atom is -0.481 e. The lowest BCUT2D eigenvalue weighted by Gasteiger charge is -2.25. The molecule has 0 aliphatic carbocycles. The van der Waals surface area contributed by atoms with E-state index >= 15 is 0 Å². The first kappa shape index (κ1) is 26.6. The number of rotatable bonds is 13. The van der Waals surface area contributed by atoms with Crippen LogP contribution in [0.25, 0.3) is 0 Å². The molecule has 1 aromatic heterocycles. The van der Waals surface area contributed by atoms with Crippen molar-refractivity contribution in [1.82, 2.24) is 25.9 Å². The molecule has 1 aromatic rings. The normalized spacial score (nSPS) is 14.7. The van der Waals surface area contributed by atoms with Crippen LogP contribution >= 0.6 is 0 Å². The Morgan fingerprint density at radius 2 is 1.69 bits per heavy atom. The number of aliphatic carboxylic acids is 2. The second-order valence-electron chi connectivity index (χ2n) is 7.68. The first-order valence-corrected chi connectivity index (χ1v) is 10.0. The highest BCUT2D eigenvalue weighted by Gasteiger charge is 2.30. The molecule has 13 nitrogen and oxygen atoms in total. The van der Waals surface area contributed by atoms with Gasteiger partial charge >= 0.3 is 11.9 Å². The summed E-state index contributed by atoms with van der Waals surface area (Å²) in [6.07, 6.45) is 2.39. The van der Waals surface area contributed by atoms with Crippen molar-refractivity contribution in [1.29, 1.82) is 0 Å². The summed E-state index contributed by atoms with van der Waals surface area (Å²) in [5.74, 6) is -4.80. The summed E-state index contributed by atoms with van der Waals surface area (Å²) in [6.45, 7) is 4.71. The van der Waals surface area contributed by atoms with Gasteiger partial charge in [0.15, 0.2) is 0 Å². The Labute approximate surface area is 184 Å². The van der Waals surface area contributed by atoms with E-state index in [0.29, 0.717) is 5.69 Å². The van der Waals surface area contributed by atoms with Gasteiger partial charge in [0.05, 0.1) is 12.4 Å². The molecule has 1 heterocycles. The highest BCUT2D eigenvalue weighted by molar-refractivity contribution is 5.94. The van der Waals surface area contributed by atoms with Crippen LogP contribution in [0.1, 0.15) is 39.3 Å². The van der Waals surface area contributed by atoms with Crippen molar-refractivity contribution in [3.63, 3.8) is 0 Å². The zero-order valence-electron chi connectivity index (χ0n) is 18.1. The molecule has 13 heteroatoms. The van der Waals surface area contributed by atoms with Crippen molar-refractivity contribution >= 4 is 29.7 Å². The largest absolute Gasteiger partial charge is 0.481 e. The molecule has 3 amide bonds. The zero-order chi connectivity index (χ0) is 24.4. The molecule has 0 saturated carbocycles. The van der Waals surface area contributed by atoms with Crippen LogP contribution in [0.3, 0.4) is 0 Å². The molecule has 0 fully saturated rings. The Morgan fingerprint density at radius 3 is 2.19 bits per heavy atom. The second kappa shape index (κ2) is 12.4. The highest BCUT2D eigenvalue weighted by Crippen LogP contribution is 2.05. The molecule has 0 aliphatic rings. The molecular formula is C19H30N6O7. The fourth-order valence-electron chi connectivity index (χ4n) is 2.69. The van der Waals surface area contributed by atoms with Gasteiger partial charge in [0.25, 0.3) is 0 Å². The summed E-state index contributed by atoms with van der Waals surface area (Å²) in [6, 6.07) is -4.48. The summed E-state index contributed by atoms with van der Waals surface area (Å²) < 4.78 is 0. The third kappa shape index (κ3) is 8.71. The Hall–Kier alpha value is -3.48. The van der Waals surface area contributed by atoms with E-state index in [9.17, 15) is 29.1 Å². The van der Waals surface area contributed by atoms with Crippen molar-refractivity contribution in [2.45, 2.75) is 64.2 Å². The van der Waals surface area contributed by atoms with E-state index < -0.39 is 53.8 Å². The molecule has 0 aliphatic heterocycles. The molecule has 0 radical (unpaired) electrons. The highest BCUT2D eigenvalue weighted by atomic mass is 16.4.